The van der Waals surface area contributed by atoms with Gasteiger partial charge in [0.1, 0.15) is 5.82 Å². The lowest BCUT2D eigenvalue weighted by atomic mass is 10.1. The topological polar surface area (TPSA) is 40.0 Å². The van der Waals surface area contributed by atoms with E-state index in [1.807, 2.05) is 37.3 Å². The van der Waals surface area contributed by atoms with Crippen molar-refractivity contribution in [1.29, 1.82) is 0 Å². The van der Waals surface area contributed by atoms with Gasteiger partial charge in [0.15, 0.2) is 11.5 Å². The van der Waals surface area contributed by atoms with E-state index in [2.05, 4.69) is 64.5 Å². The number of aromatic nitrogens is 4. The second kappa shape index (κ2) is 5.93. The van der Waals surface area contributed by atoms with E-state index in [4.69, 9.17) is 6.57 Å². The molecule has 0 radical (unpaired) electrons. The summed E-state index contributed by atoms with van der Waals surface area (Å²) >= 11 is 3.59. The minimum absolute atomic E-state index is 0.647. The number of hydrogen-bond donors (Lipinski definition) is 0. The lowest BCUT2D eigenvalue weighted by Crippen LogP contribution is -2.02. The maximum Gasteiger partial charge on any atom is 0.187 e. The van der Waals surface area contributed by atoms with Crippen molar-refractivity contribution in [1.82, 2.24) is 19.3 Å². The Morgan fingerprint density at radius 2 is 1.85 bits per heavy atom. The van der Waals surface area contributed by atoms with Crippen LogP contribution in [0.3, 0.4) is 0 Å². The maximum absolute atomic E-state index is 7.12. The molecule has 0 saturated heterocycles. The van der Waals surface area contributed by atoms with E-state index in [9.17, 15) is 0 Å². The number of rotatable bonds is 1. The molecule has 130 valence electrons. The van der Waals surface area contributed by atoms with Gasteiger partial charge in [-0.3, -0.25) is 4.57 Å². The van der Waals surface area contributed by atoms with E-state index in [1.54, 1.807) is 0 Å². The fourth-order valence-electron chi connectivity index (χ4n) is 3.61. The molecule has 4 aromatic rings. The zero-order valence-corrected chi connectivity index (χ0v) is 16.1. The van der Waals surface area contributed by atoms with E-state index in [1.165, 1.54) is 5.56 Å². The fourth-order valence-corrected chi connectivity index (χ4v) is 4.02. The Bertz CT molecular complexity index is 1220. The first-order valence-corrected chi connectivity index (χ1v) is 9.32. The van der Waals surface area contributed by atoms with Crippen molar-refractivity contribution < 1.29 is 0 Å². The molecule has 5 nitrogen and oxygen atoms in total. The van der Waals surface area contributed by atoms with Crippen molar-refractivity contribution in [2.24, 2.45) is 0 Å². The molecule has 1 aliphatic heterocycles. The summed E-state index contributed by atoms with van der Waals surface area (Å²) in [4.78, 5) is 3.47. The number of halogens is 1. The SMILES string of the molecule is [C-]#[N+]c1ccc(-c2cc3n(c2)Cc2cc(Br)ccc2-n2c(C)nnc2-3)cc1. The van der Waals surface area contributed by atoms with Crippen molar-refractivity contribution in [3.8, 4) is 28.3 Å². The molecular weight excluding hydrogens is 402 g/mol. The van der Waals surface area contributed by atoms with Gasteiger partial charge in [0.2, 0.25) is 0 Å². The van der Waals surface area contributed by atoms with Gasteiger partial charge in [-0.2, -0.15) is 0 Å². The molecule has 1 aliphatic rings. The third-order valence-electron chi connectivity index (χ3n) is 4.90. The molecule has 0 N–H and O–H groups in total. The van der Waals surface area contributed by atoms with Crippen molar-refractivity contribution >= 4 is 21.6 Å². The van der Waals surface area contributed by atoms with E-state index in [-0.39, 0.29) is 0 Å². The Labute approximate surface area is 164 Å². The number of nitrogens with zero attached hydrogens (tertiary/aromatic N) is 5. The largest absolute Gasteiger partial charge is 0.340 e. The Hall–Kier alpha value is -3.17. The summed E-state index contributed by atoms with van der Waals surface area (Å²) in [7, 11) is 0. The summed E-state index contributed by atoms with van der Waals surface area (Å²) < 4.78 is 5.39. The quantitative estimate of drug-likeness (QED) is 0.344. The van der Waals surface area contributed by atoms with Crippen molar-refractivity contribution in [2.45, 2.75) is 13.5 Å². The van der Waals surface area contributed by atoms with Gasteiger partial charge in [0.25, 0.3) is 0 Å². The van der Waals surface area contributed by atoms with E-state index in [0.717, 1.165) is 45.2 Å². The summed E-state index contributed by atoms with van der Waals surface area (Å²) in [5, 5.41) is 8.77. The van der Waals surface area contributed by atoms with Crippen molar-refractivity contribution in [2.75, 3.05) is 0 Å². The van der Waals surface area contributed by atoms with Gasteiger partial charge in [-0.15, -0.1) is 10.2 Å². The lowest BCUT2D eigenvalue weighted by Gasteiger charge is -2.10. The van der Waals surface area contributed by atoms with Crippen molar-refractivity contribution in [3.05, 3.63) is 82.0 Å². The Balaban J connectivity index is 1.71. The molecule has 0 amide bonds. The normalized spacial score (nSPS) is 11.9. The number of hydrogen-bond acceptors (Lipinski definition) is 2. The molecule has 0 bridgehead atoms. The van der Waals surface area contributed by atoms with Crippen LogP contribution in [-0.4, -0.2) is 19.3 Å². The summed E-state index contributed by atoms with van der Waals surface area (Å²) in [6.45, 7) is 9.85. The molecule has 5 rings (SSSR count). The highest BCUT2D eigenvalue weighted by Gasteiger charge is 2.23. The van der Waals surface area contributed by atoms with E-state index >= 15 is 0 Å². The Kier molecular flexibility index (Phi) is 3.52. The van der Waals surface area contributed by atoms with Gasteiger partial charge in [-0.05, 0) is 42.3 Å². The zero-order chi connectivity index (χ0) is 18.5. The summed E-state index contributed by atoms with van der Waals surface area (Å²) in [6.07, 6.45) is 2.15. The molecule has 0 saturated carbocycles. The minimum Gasteiger partial charge on any atom is -0.340 e. The van der Waals surface area contributed by atoms with Crippen molar-refractivity contribution in [3.63, 3.8) is 0 Å². The van der Waals surface area contributed by atoms with Crippen LogP contribution < -0.4 is 0 Å². The van der Waals surface area contributed by atoms with Crippen LogP contribution in [-0.2, 0) is 6.54 Å². The molecule has 0 spiro atoms. The standard InChI is InChI=1S/C21H14BrN5/c1-13-24-25-21-20-10-15(14-3-6-18(23-2)7-4-14)11-26(20)12-16-9-17(22)5-8-19(16)27(13)21/h3-11H,12H2,1H3. The van der Waals surface area contributed by atoms with Gasteiger partial charge in [0.05, 0.1) is 18.0 Å². The highest BCUT2D eigenvalue weighted by molar-refractivity contribution is 9.10. The first kappa shape index (κ1) is 16.0. The van der Waals surface area contributed by atoms with Gasteiger partial charge >= 0.3 is 0 Å². The predicted molar refractivity (Wildman–Crippen MR) is 108 cm³/mol. The van der Waals surface area contributed by atoms with Crippen LogP contribution in [0.2, 0.25) is 0 Å². The Morgan fingerprint density at radius 3 is 2.63 bits per heavy atom. The smallest absolute Gasteiger partial charge is 0.187 e. The van der Waals surface area contributed by atoms with Gasteiger partial charge < -0.3 is 4.57 Å². The third kappa shape index (κ3) is 2.51. The molecule has 0 atom stereocenters. The van der Waals surface area contributed by atoms with Crippen LogP contribution in [0.15, 0.2) is 59.2 Å². The third-order valence-corrected chi connectivity index (χ3v) is 5.40. The summed E-state index contributed by atoms with van der Waals surface area (Å²) in [5.41, 5.74) is 6.19. The fraction of sp³-hybridized carbons (Fsp3) is 0.0952. The van der Waals surface area contributed by atoms with Crippen LogP contribution in [0.25, 0.3) is 33.2 Å². The first-order chi connectivity index (χ1) is 13.1. The zero-order valence-electron chi connectivity index (χ0n) is 14.5. The molecule has 2 aromatic carbocycles. The number of aryl methyl sites for hydroxylation is 1. The van der Waals surface area contributed by atoms with Gasteiger partial charge in [0, 0.05) is 22.8 Å². The van der Waals surface area contributed by atoms with Crippen LogP contribution in [0.4, 0.5) is 5.69 Å². The first-order valence-electron chi connectivity index (χ1n) is 8.53. The van der Waals surface area contributed by atoms with Crippen LogP contribution >= 0.6 is 15.9 Å². The maximum atomic E-state index is 7.12. The molecule has 0 unspecified atom stereocenters. The molecule has 0 fully saturated rings. The minimum atomic E-state index is 0.647. The van der Waals surface area contributed by atoms with Gasteiger partial charge in [-0.25, -0.2) is 4.85 Å². The highest BCUT2D eigenvalue weighted by atomic mass is 79.9. The van der Waals surface area contributed by atoms with Crippen LogP contribution in [0, 0.1) is 13.5 Å². The van der Waals surface area contributed by atoms with E-state index in [0.29, 0.717) is 5.69 Å². The second-order valence-electron chi connectivity index (χ2n) is 6.58. The van der Waals surface area contributed by atoms with Gasteiger partial charge in [-0.1, -0.05) is 40.2 Å². The predicted octanol–water partition coefficient (Wildman–Crippen LogP) is 5.39. The molecule has 3 heterocycles. The average molecular weight is 416 g/mol. The Morgan fingerprint density at radius 1 is 1.04 bits per heavy atom. The highest BCUT2D eigenvalue weighted by Crippen LogP contribution is 2.35. The molecule has 6 heteroatoms. The van der Waals surface area contributed by atoms with E-state index < -0.39 is 0 Å². The van der Waals surface area contributed by atoms with Crippen LogP contribution in [0.1, 0.15) is 11.4 Å². The lowest BCUT2D eigenvalue weighted by molar-refractivity contribution is 0.815. The second-order valence-corrected chi connectivity index (χ2v) is 7.50. The monoisotopic (exact) mass is 415 g/mol. The molecule has 2 aromatic heterocycles. The summed E-state index contributed by atoms with van der Waals surface area (Å²) in [6, 6.07) is 16.1. The average Bonchev–Trinajstić information content (AvgIpc) is 3.23. The van der Waals surface area contributed by atoms with Crippen LogP contribution in [0.5, 0.6) is 0 Å². The molecular formula is C21H14BrN5. The molecule has 0 aliphatic carbocycles. The summed E-state index contributed by atoms with van der Waals surface area (Å²) in [5.74, 6) is 1.71. The number of benzene rings is 2. The molecule has 27 heavy (non-hydrogen) atoms. The number of fused-ring (bicyclic) bond motifs is 5.